The standard InChI is InChI=1S/C15H16N2O4/c1-10(21-15(19)12-7-5-9-16-12)14(18)17-11-6-3-4-8-13(11)20-2/h3-10,16H,1-2H3,(H,17,18)/t10-/m0/s1. The van der Waals surface area contributed by atoms with Crippen LogP contribution in [0.5, 0.6) is 5.75 Å². The maximum atomic E-state index is 12.0. The van der Waals surface area contributed by atoms with Crippen LogP contribution in [-0.4, -0.2) is 30.1 Å². The van der Waals surface area contributed by atoms with Crippen LogP contribution in [0.3, 0.4) is 0 Å². The van der Waals surface area contributed by atoms with Gasteiger partial charge in [-0.1, -0.05) is 12.1 Å². The number of rotatable bonds is 5. The second kappa shape index (κ2) is 6.60. The molecule has 1 amide bonds. The lowest BCUT2D eigenvalue weighted by atomic mass is 10.2. The molecule has 0 aliphatic rings. The summed E-state index contributed by atoms with van der Waals surface area (Å²) in [5, 5.41) is 2.66. The summed E-state index contributed by atoms with van der Waals surface area (Å²) in [6, 6.07) is 10.3. The molecule has 0 fully saturated rings. The number of methoxy groups -OCH3 is 1. The third-order valence-corrected chi connectivity index (χ3v) is 2.84. The average Bonchev–Trinajstić information content (AvgIpc) is 3.02. The maximum absolute atomic E-state index is 12.0. The number of ether oxygens (including phenoxy) is 2. The Balaban J connectivity index is 1.98. The van der Waals surface area contributed by atoms with E-state index in [-0.39, 0.29) is 0 Å². The smallest absolute Gasteiger partial charge is 0.355 e. The van der Waals surface area contributed by atoms with Gasteiger partial charge in [0.25, 0.3) is 5.91 Å². The number of hydrogen-bond acceptors (Lipinski definition) is 4. The number of nitrogens with one attached hydrogen (secondary N) is 2. The molecule has 0 aliphatic carbocycles. The topological polar surface area (TPSA) is 80.4 Å². The van der Waals surface area contributed by atoms with Gasteiger partial charge >= 0.3 is 5.97 Å². The molecule has 0 bridgehead atoms. The normalized spacial score (nSPS) is 11.5. The number of carbonyl (C=O) groups is 2. The number of H-pyrrole nitrogens is 1. The van der Waals surface area contributed by atoms with Crippen LogP contribution in [0.25, 0.3) is 0 Å². The highest BCUT2D eigenvalue weighted by molar-refractivity contribution is 5.97. The zero-order chi connectivity index (χ0) is 15.2. The third-order valence-electron chi connectivity index (χ3n) is 2.84. The van der Waals surface area contributed by atoms with Gasteiger partial charge in [0, 0.05) is 6.20 Å². The number of anilines is 1. The van der Waals surface area contributed by atoms with Gasteiger partial charge in [-0.05, 0) is 31.2 Å². The van der Waals surface area contributed by atoms with Gasteiger partial charge < -0.3 is 19.8 Å². The van der Waals surface area contributed by atoms with Crippen molar-refractivity contribution in [1.29, 1.82) is 0 Å². The summed E-state index contributed by atoms with van der Waals surface area (Å²) in [5.74, 6) is -0.476. The first-order chi connectivity index (χ1) is 10.1. The van der Waals surface area contributed by atoms with E-state index in [4.69, 9.17) is 9.47 Å². The molecule has 0 spiro atoms. The van der Waals surface area contributed by atoms with Crippen molar-refractivity contribution in [3.05, 3.63) is 48.3 Å². The number of amides is 1. The summed E-state index contributed by atoms with van der Waals surface area (Å²) >= 11 is 0. The molecule has 1 aromatic heterocycles. The lowest BCUT2D eigenvalue weighted by Crippen LogP contribution is -2.30. The largest absolute Gasteiger partial charge is 0.495 e. The molecule has 0 saturated carbocycles. The monoisotopic (exact) mass is 288 g/mol. The van der Waals surface area contributed by atoms with Crippen LogP contribution in [0.1, 0.15) is 17.4 Å². The minimum absolute atomic E-state index is 0.298. The zero-order valence-corrected chi connectivity index (χ0v) is 11.8. The predicted molar refractivity (Wildman–Crippen MR) is 77.3 cm³/mol. The van der Waals surface area contributed by atoms with Crippen molar-refractivity contribution in [1.82, 2.24) is 4.98 Å². The molecule has 0 radical (unpaired) electrons. The Labute approximate surface area is 122 Å². The first-order valence-corrected chi connectivity index (χ1v) is 6.40. The summed E-state index contributed by atoms with van der Waals surface area (Å²) in [7, 11) is 1.51. The van der Waals surface area contributed by atoms with Crippen LogP contribution in [-0.2, 0) is 9.53 Å². The molecule has 6 heteroatoms. The Morgan fingerprint density at radius 3 is 2.62 bits per heavy atom. The fraction of sp³-hybridized carbons (Fsp3) is 0.200. The highest BCUT2D eigenvalue weighted by atomic mass is 16.5. The molecule has 6 nitrogen and oxygen atoms in total. The molecule has 21 heavy (non-hydrogen) atoms. The number of aromatic amines is 1. The number of hydrogen-bond donors (Lipinski definition) is 2. The van der Waals surface area contributed by atoms with Gasteiger partial charge in [0.05, 0.1) is 12.8 Å². The summed E-state index contributed by atoms with van der Waals surface area (Å²) < 4.78 is 10.2. The molecule has 2 rings (SSSR count). The lowest BCUT2D eigenvalue weighted by molar-refractivity contribution is -0.123. The van der Waals surface area contributed by atoms with Crippen LogP contribution in [0.2, 0.25) is 0 Å². The maximum Gasteiger partial charge on any atom is 0.355 e. The second-order valence-electron chi connectivity index (χ2n) is 4.32. The van der Waals surface area contributed by atoms with Crippen molar-refractivity contribution >= 4 is 17.6 Å². The molecule has 110 valence electrons. The fourth-order valence-electron chi connectivity index (χ4n) is 1.72. The SMILES string of the molecule is COc1ccccc1NC(=O)[C@H](C)OC(=O)c1ccc[nH]1. The molecule has 1 heterocycles. The van der Waals surface area contributed by atoms with Crippen molar-refractivity contribution in [2.24, 2.45) is 0 Å². The van der Waals surface area contributed by atoms with Crippen molar-refractivity contribution in [2.75, 3.05) is 12.4 Å². The van der Waals surface area contributed by atoms with E-state index in [0.717, 1.165) is 0 Å². The molecule has 2 N–H and O–H groups in total. The van der Waals surface area contributed by atoms with E-state index in [0.29, 0.717) is 17.1 Å². The molecule has 0 aliphatic heterocycles. The first kappa shape index (κ1) is 14.6. The Morgan fingerprint density at radius 2 is 1.95 bits per heavy atom. The van der Waals surface area contributed by atoms with Crippen molar-refractivity contribution < 1.29 is 19.1 Å². The van der Waals surface area contributed by atoms with Crippen LogP contribution >= 0.6 is 0 Å². The lowest BCUT2D eigenvalue weighted by Gasteiger charge is -2.14. The van der Waals surface area contributed by atoms with Gasteiger partial charge in [-0.2, -0.15) is 0 Å². The van der Waals surface area contributed by atoms with E-state index in [1.807, 2.05) is 0 Å². The fourth-order valence-corrected chi connectivity index (χ4v) is 1.72. The van der Waals surface area contributed by atoms with Crippen LogP contribution in [0.4, 0.5) is 5.69 Å². The zero-order valence-electron chi connectivity index (χ0n) is 11.8. The summed E-state index contributed by atoms with van der Waals surface area (Å²) in [4.78, 5) is 26.5. The second-order valence-corrected chi connectivity index (χ2v) is 4.32. The number of aromatic nitrogens is 1. The first-order valence-electron chi connectivity index (χ1n) is 6.40. The van der Waals surface area contributed by atoms with E-state index >= 15 is 0 Å². The molecular weight excluding hydrogens is 272 g/mol. The van der Waals surface area contributed by atoms with Crippen LogP contribution in [0.15, 0.2) is 42.6 Å². The number of esters is 1. The molecule has 0 unspecified atom stereocenters. The van der Waals surface area contributed by atoms with Gasteiger partial charge in [-0.25, -0.2) is 4.79 Å². The van der Waals surface area contributed by atoms with Gasteiger partial charge in [-0.15, -0.1) is 0 Å². The number of para-hydroxylation sites is 2. The molecule has 1 aromatic carbocycles. The Hall–Kier alpha value is -2.76. The van der Waals surface area contributed by atoms with Crippen LogP contribution in [0, 0.1) is 0 Å². The molecule has 0 saturated heterocycles. The predicted octanol–water partition coefficient (Wildman–Crippen LogP) is 2.21. The van der Waals surface area contributed by atoms with Gasteiger partial charge in [0.2, 0.25) is 0 Å². The van der Waals surface area contributed by atoms with E-state index < -0.39 is 18.0 Å². The minimum atomic E-state index is -0.925. The van der Waals surface area contributed by atoms with Gasteiger partial charge in [-0.3, -0.25) is 4.79 Å². The van der Waals surface area contributed by atoms with E-state index in [1.54, 1.807) is 42.6 Å². The minimum Gasteiger partial charge on any atom is -0.495 e. The molecule has 1 atom stereocenters. The summed E-state index contributed by atoms with van der Waals surface area (Å²) in [6.07, 6.45) is 0.682. The molecule has 2 aromatic rings. The Bertz CT molecular complexity index is 622. The Morgan fingerprint density at radius 1 is 1.19 bits per heavy atom. The van der Waals surface area contributed by atoms with E-state index in [9.17, 15) is 9.59 Å². The van der Waals surface area contributed by atoms with Crippen molar-refractivity contribution in [2.45, 2.75) is 13.0 Å². The third kappa shape index (κ3) is 3.62. The van der Waals surface area contributed by atoms with Crippen molar-refractivity contribution in [3.8, 4) is 5.75 Å². The Kier molecular flexibility index (Phi) is 4.61. The average molecular weight is 288 g/mol. The van der Waals surface area contributed by atoms with Gasteiger partial charge in [0.15, 0.2) is 6.10 Å². The highest BCUT2D eigenvalue weighted by Crippen LogP contribution is 2.23. The quantitative estimate of drug-likeness (QED) is 0.827. The van der Waals surface area contributed by atoms with E-state index in [2.05, 4.69) is 10.3 Å². The van der Waals surface area contributed by atoms with E-state index in [1.165, 1.54) is 14.0 Å². The van der Waals surface area contributed by atoms with Crippen molar-refractivity contribution in [3.63, 3.8) is 0 Å². The number of carbonyl (C=O) groups excluding carboxylic acids is 2. The van der Waals surface area contributed by atoms with Gasteiger partial charge in [0.1, 0.15) is 11.4 Å². The summed E-state index contributed by atoms with van der Waals surface area (Å²) in [6.45, 7) is 1.51. The highest BCUT2D eigenvalue weighted by Gasteiger charge is 2.20. The number of benzene rings is 1. The molecular formula is C15H16N2O4. The van der Waals surface area contributed by atoms with Crippen LogP contribution < -0.4 is 10.1 Å². The summed E-state index contributed by atoms with van der Waals surface area (Å²) in [5.41, 5.74) is 0.819.